The molecule has 59 heavy (non-hydrogen) atoms. The highest BCUT2D eigenvalue weighted by Crippen LogP contribution is 2.17. The van der Waals surface area contributed by atoms with Gasteiger partial charge in [-0.25, -0.2) is 0 Å². The molecule has 0 fully saturated rings. The Labute approximate surface area is 362 Å². The predicted molar refractivity (Wildman–Crippen MR) is 252 cm³/mol. The highest BCUT2D eigenvalue weighted by molar-refractivity contribution is 6.05. The maximum Gasteiger partial charge on any atom is 0.187 e. The zero-order chi connectivity index (χ0) is 42.1. The summed E-state index contributed by atoms with van der Waals surface area (Å²) >= 11 is 0. The molecule has 0 heterocycles. The van der Waals surface area contributed by atoms with Gasteiger partial charge < -0.3 is 20.1 Å². The summed E-state index contributed by atoms with van der Waals surface area (Å²) in [5, 5.41) is 6.35. The third-order valence-corrected chi connectivity index (χ3v) is 11.2. The fourth-order valence-electron chi connectivity index (χ4n) is 7.32. The summed E-state index contributed by atoms with van der Waals surface area (Å²) in [6.45, 7) is 7.43. The molecule has 332 valence electrons. The third kappa shape index (κ3) is 30.2. The standard InChI is InChI=1S/C53H86N2O4/c1-3-5-7-9-11-13-15-17-19-21-23-25-27-29-46-58-50-36-32-48(33-37-50)52(56)40-44-54-42-31-43-55-45-41-53(57)49-34-38-51(39-35-49)59-47-30-28-26-24-22-20-18-16-14-12-10-8-6-4-2/h32-41,44-45,54-55H,3-31,42-43,46-47H2,1-2H3. The maximum absolute atomic E-state index is 12.6. The number of hydrogen-bond donors (Lipinski definition) is 2. The van der Waals surface area contributed by atoms with Crippen molar-refractivity contribution in [3.63, 3.8) is 0 Å². The van der Waals surface area contributed by atoms with Gasteiger partial charge in [-0.3, -0.25) is 9.59 Å². The van der Waals surface area contributed by atoms with Crippen molar-refractivity contribution in [2.75, 3.05) is 26.3 Å². The molecule has 0 bridgehead atoms. The van der Waals surface area contributed by atoms with Crippen molar-refractivity contribution < 1.29 is 19.1 Å². The Morgan fingerprint density at radius 3 is 0.949 bits per heavy atom. The number of allylic oxidation sites excluding steroid dienone is 2. The molecule has 0 saturated carbocycles. The normalized spacial score (nSPS) is 11.4. The number of ether oxygens (including phenoxy) is 2. The fraction of sp³-hybridized carbons (Fsp3) is 0.660. The minimum Gasteiger partial charge on any atom is -0.494 e. The largest absolute Gasteiger partial charge is 0.494 e. The van der Waals surface area contributed by atoms with Crippen LogP contribution in [0.15, 0.2) is 73.1 Å². The molecule has 2 rings (SSSR count). The van der Waals surface area contributed by atoms with E-state index in [-0.39, 0.29) is 11.6 Å². The maximum atomic E-state index is 12.6. The molecule has 6 nitrogen and oxygen atoms in total. The van der Waals surface area contributed by atoms with E-state index in [0.717, 1.165) is 44.0 Å². The van der Waals surface area contributed by atoms with Crippen LogP contribution in [0.5, 0.6) is 11.5 Å². The molecule has 0 spiro atoms. The molecule has 0 saturated heterocycles. The average Bonchev–Trinajstić information content (AvgIpc) is 3.26. The minimum absolute atomic E-state index is 0.0415. The summed E-state index contributed by atoms with van der Waals surface area (Å²) in [6.07, 6.45) is 45.1. The molecule has 0 aromatic heterocycles. The molecule has 0 aliphatic heterocycles. The number of benzene rings is 2. The zero-order valence-electron chi connectivity index (χ0n) is 37.9. The Kier molecular flexibility index (Phi) is 33.8. The smallest absolute Gasteiger partial charge is 0.187 e. The number of hydrogen-bond acceptors (Lipinski definition) is 6. The SMILES string of the molecule is CCCCCCCCCCCCCCCCOc1ccc(C(=O)C=CNCCCNC=CC(=O)c2ccc(OCCCCCCCCCCCCCCCC)cc2)cc1. The van der Waals surface area contributed by atoms with Gasteiger partial charge in [0, 0.05) is 48.8 Å². The van der Waals surface area contributed by atoms with Crippen LogP contribution in [0.25, 0.3) is 0 Å². The molecule has 0 atom stereocenters. The van der Waals surface area contributed by atoms with E-state index in [0.29, 0.717) is 24.2 Å². The second kappa shape index (κ2) is 38.6. The Morgan fingerprint density at radius 2 is 0.661 bits per heavy atom. The van der Waals surface area contributed by atoms with Gasteiger partial charge in [-0.2, -0.15) is 0 Å². The first-order chi connectivity index (χ1) is 29.1. The van der Waals surface area contributed by atoms with Crippen molar-refractivity contribution in [3.05, 3.63) is 84.2 Å². The monoisotopic (exact) mass is 815 g/mol. The van der Waals surface area contributed by atoms with Crippen molar-refractivity contribution in [3.8, 4) is 11.5 Å². The van der Waals surface area contributed by atoms with E-state index in [1.54, 1.807) is 24.6 Å². The highest BCUT2D eigenvalue weighted by Gasteiger charge is 2.04. The molecule has 0 radical (unpaired) electrons. The van der Waals surface area contributed by atoms with E-state index in [1.165, 1.54) is 167 Å². The summed E-state index contributed by atoms with van der Waals surface area (Å²) in [5.41, 5.74) is 1.29. The molecule has 0 amide bonds. The van der Waals surface area contributed by atoms with Crippen molar-refractivity contribution in [2.45, 2.75) is 200 Å². The van der Waals surface area contributed by atoms with Gasteiger partial charge in [-0.05, 0) is 67.8 Å². The van der Waals surface area contributed by atoms with Crippen molar-refractivity contribution in [1.82, 2.24) is 10.6 Å². The van der Waals surface area contributed by atoms with E-state index in [9.17, 15) is 9.59 Å². The van der Waals surface area contributed by atoms with Crippen LogP contribution in [0.2, 0.25) is 0 Å². The molecular formula is C53H86N2O4. The first kappa shape index (κ1) is 51.6. The zero-order valence-corrected chi connectivity index (χ0v) is 37.9. The summed E-state index contributed by atoms with van der Waals surface area (Å²) in [6, 6.07) is 14.8. The molecular weight excluding hydrogens is 729 g/mol. The van der Waals surface area contributed by atoms with Crippen LogP contribution in [0, 0.1) is 0 Å². The molecule has 2 aromatic carbocycles. The van der Waals surface area contributed by atoms with Gasteiger partial charge in [0.15, 0.2) is 11.6 Å². The summed E-state index contributed by atoms with van der Waals surface area (Å²) in [4.78, 5) is 25.1. The van der Waals surface area contributed by atoms with Crippen LogP contribution in [0.1, 0.15) is 221 Å². The summed E-state index contributed by atoms with van der Waals surface area (Å²) in [5.74, 6) is 1.55. The molecule has 2 N–H and O–H groups in total. The van der Waals surface area contributed by atoms with Gasteiger partial charge >= 0.3 is 0 Å². The fourth-order valence-corrected chi connectivity index (χ4v) is 7.32. The quantitative estimate of drug-likeness (QED) is 0.0395. The van der Waals surface area contributed by atoms with Crippen LogP contribution in [0.3, 0.4) is 0 Å². The number of nitrogens with one attached hydrogen (secondary N) is 2. The molecule has 0 aliphatic carbocycles. The first-order valence-electron chi connectivity index (χ1n) is 24.5. The van der Waals surface area contributed by atoms with E-state index >= 15 is 0 Å². The Bertz CT molecular complexity index is 1220. The molecule has 0 unspecified atom stereocenters. The van der Waals surface area contributed by atoms with Crippen LogP contribution in [0.4, 0.5) is 0 Å². The van der Waals surface area contributed by atoms with Gasteiger partial charge in [0.25, 0.3) is 0 Å². The van der Waals surface area contributed by atoms with Gasteiger partial charge in [0.05, 0.1) is 13.2 Å². The second-order valence-corrected chi connectivity index (χ2v) is 16.6. The van der Waals surface area contributed by atoms with Crippen LogP contribution in [-0.2, 0) is 0 Å². The number of unbranched alkanes of at least 4 members (excludes halogenated alkanes) is 26. The second-order valence-electron chi connectivity index (χ2n) is 16.6. The summed E-state index contributed by atoms with van der Waals surface area (Å²) in [7, 11) is 0. The van der Waals surface area contributed by atoms with Gasteiger partial charge in [-0.1, -0.05) is 181 Å². The molecule has 2 aromatic rings. The lowest BCUT2D eigenvalue weighted by atomic mass is 10.0. The van der Waals surface area contributed by atoms with E-state index < -0.39 is 0 Å². The van der Waals surface area contributed by atoms with E-state index in [2.05, 4.69) is 24.5 Å². The van der Waals surface area contributed by atoms with Crippen molar-refractivity contribution in [1.29, 1.82) is 0 Å². The number of rotatable bonds is 42. The molecule has 0 aliphatic rings. The van der Waals surface area contributed by atoms with Crippen molar-refractivity contribution >= 4 is 11.6 Å². The molecule has 6 heteroatoms. The first-order valence-corrected chi connectivity index (χ1v) is 24.5. The van der Waals surface area contributed by atoms with Gasteiger partial charge in [0.1, 0.15) is 11.5 Å². The van der Waals surface area contributed by atoms with Crippen LogP contribution in [-0.4, -0.2) is 37.9 Å². The topological polar surface area (TPSA) is 76.7 Å². The third-order valence-electron chi connectivity index (χ3n) is 11.2. The lowest BCUT2D eigenvalue weighted by molar-refractivity contribution is 0.103. The predicted octanol–water partition coefficient (Wildman–Crippen LogP) is 15.1. The number of carbonyl (C=O) groups excluding carboxylic acids is 2. The van der Waals surface area contributed by atoms with Gasteiger partial charge in [0.2, 0.25) is 0 Å². The van der Waals surface area contributed by atoms with Gasteiger partial charge in [-0.15, -0.1) is 0 Å². The van der Waals surface area contributed by atoms with Crippen LogP contribution >= 0.6 is 0 Å². The minimum atomic E-state index is -0.0415. The Morgan fingerprint density at radius 1 is 0.390 bits per heavy atom. The van der Waals surface area contributed by atoms with E-state index in [1.807, 2.05) is 48.5 Å². The van der Waals surface area contributed by atoms with Crippen molar-refractivity contribution in [2.24, 2.45) is 0 Å². The number of carbonyl (C=O) groups is 2. The average molecular weight is 815 g/mol. The number of ketones is 2. The summed E-state index contributed by atoms with van der Waals surface area (Å²) < 4.78 is 11.8. The van der Waals surface area contributed by atoms with E-state index in [4.69, 9.17) is 9.47 Å². The lowest BCUT2D eigenvalue weighted by Gasteiger charge is -2.07. The van der Waals surface area contributed by atoms with Crippen LogP contribution < -0.4 is 20.1 Å². The Hall–Kier alpha value is -3.54. The lowest BCUT2D eigenvalue weighted by Crippen LogP contribution is -2.15. The highest BCUT2D eigenvalue weighted by atomic mass is 16.5. The Balaban J connectivity index is 1.41.